The van der Waals surface area contributed by atoms with Gasteiger partial charge in [-0.05, 0) is 32.8 Å². The Labute approximate surface area is 122 Å². The molecule has 1 rings (SSSR count). The Morgan fingerprint density at radius 2 is 2.15 bits per heavy atom. The van der Waals surface area contributed by atoms with E-state index in [1.807, 2.05) is 6.92 Å². The van der Waals surface area contributed by atoms with Crippen LogP contribution in [0.15, 0.2) is 11.0 Å². The highest BCUT2D eigenvalue weighted by Crippen LogP contribution is 2.25. The summed E-state index contributed by atoms with van der Waals surface area (Å²) < 4.78 is 31.5. The van der Waals surface area contributed by atoms with Crippen molar-refractivity contribution in [3.63, 3.8) is 0 Å². The summed E-state index contributed by atoms with van der Waals surface area (Å²) in [6.07, 6.45) is 0.655. The van der Waals surface area contributed by atoms with E-state index in [0.29, 0.717) is 17.9 Å². The molecule has 1 aromatic rings. The lowest BCUT2D eigenvalue weighted by Crippen LogP contribution is -2.40. The molecule has 20 heavy (non-hydrogen) atoms. The molecule has 1 heterocycles. The van der Waals surface area contributed by atoms with Crippen LogP contribution < -0.4 is 4.72 Å². The molecule has 6 nitrogen and oxygen atoms in total. The van der Waals surface area contributed by atoms with Gasteiger partial charge < -0.3 is 9.84 Å². The molecule has 2 N–H and O–H groups in total. The average molecular weight is 321 g/mol. The fraction of sp³-hybridized carbons (Fsp3) is 0.583. The molecule has 0 aliphatic heterocycles. The van der Waals surface area contributed by atoms with Gasteiger partial charge >= 0.3 is 5.97 Å². The largest absolute Gasteiger partial charge is 0.480 e. The lowest BCUT2D eigenvalue weighted by atomic mass is 10.2. The Kier molecular flexibility index (Phi) is 6.12. The Hall–Kier alpha value is -0.960. The third kappa shape index (κ3) is 4.55. The van der Waals surface area contributed by atoms with Crippen molar-refractivity contribution in [3.8, 4) is 0 Å². The van der Waals surface area contributed by atoms with Crippen LogP contribution in [0.3, 0.4) is 0 Å². The Bertz CT molecular complexity index is 564. The molecule has 1 unspecified atom stereocenters. The Morgan fingerprint density at radius 1 is 1.50 bits per heavy atom. The van der Waals surface area contributed by atoms with E-state index in [0.717, 1.165) is 4.88 Å². The minimum Gasteiger partial charge on any atom is -0.480 e. The normalized spacial score (nSPS) is 13.3. The zero-order valence-corrected chi connectivity index (χ0v) is 13.3. The summed E-state index contributed by atoms with van der Waals surface area (Å²) in [5.74, 6) is -1.19. The van der Waals surface area contributed by atoms with Crippen LogP contribution in [-0.4, -0.2) is 39.3 Å². The van der Waals surface area contributed by atoms with Crippen LogP contribution in [-0.2, 0) is 19.6 Å². The molecule has 0 saturated carbocycles. The minimum absolute atomic E-state index is 0.151. The number of hydrogen-bond acceptors (Lipinski definition) is 5. The molecule has 0 bridgehead atoms. The van der Waals surface area contributed by atoms with Gasteiger partial charge in [-0.1, -0.05) is 0 Å². The van der Waals surface area contributed by atoms with Gasteiger partial charge in [-0.15, -0.1) is 11.3 Å². The van der Waals surface area contributed by atoms with Crippen molar-refractivity contribution in [2.75, 3.05) is 13.7 Å². The van der Waals surface area contributed by atoms with Crippen molar-refractivity contribution in [1.29, 1.82) is 0 Å². The fourth-order valence-electron chi connectivity index (χ4n) is 1.79. The van der Waals surface area contributed by atoms with Crippen LogP contribution in [0.5, 0.6) is 0 Å². The minimum atomic E-state index is -3.81. The first-order valence-electron chi connectivity index (χ1n) is 6.09. The number of thiophene rings is 1. The van der Waals surface area contributed by atoms with Gasteiger partial charge in [0.05, 0.1) is 4.90 Å². The number of methoxy groups -OCH3 is 1. The number of carboxylic acids is 1. The first-order valence-corrected chi connectivity index (χ1v) is 8.39. The van der Waals surface area contributed by atoms with Crippen molar-refractivity contribution < 1.29 is 23.1 Å². The quantitative estimate of drug-likeness (QED) is 0.708. The van der Waals surface area contributed by atoms with Gasteiger partial charge in [-0.25, -0.2) is 8.42 Å². The molecule has 0 fully saturated rings. The number of carbonyl (C=O) groups is 1. The van der Waals surface area contributed by atoms with Crippen molar-refractivity contribution in [2.24, 2.45) is 0 Å². The molecule has 0 radical (unpaired) electrons. The summed E-state index contributed by atoms with van der Waals surface area (Å²) in [6, 6.07) is 0.408. The van der Waals surface area contributed by atoms with Gasteiger partial charge in [0.15, 0.2) is 0 Å². The molecule has 0 spiro atoms. The van der Waals surface area contributed by atoms with E-state index >= 15 is 0 Å². The van der Waals surface area contributed by atoms with Crippen molar-refractivity contribution in [1.82, 2.24) is 4.72 Å². The van der Waals surface area contributed by atoms with E-state index in [1.54, 1.807) is 13.0 Å². The number of ether oxygens (including phenoxy) is 1. The van der Waals surface area contributed by atoms with Gasteiger partial charge in [0, 0.05) is 23.5 Å². The molecule has 8 heteroatoms. The van der Waals surface area contributed by atoms with Crippen LogP contribution in [0.25, 0.3) is 0 Å². The van der Waals surface area contributed by atoms with Crippen LogP contribution in [0.4, 0.5) is 0 Å². The highest BCUT2D eigenvalue weighted by molar-refractivity contribution is 7.89. The number of carboxylic acid groups (broad SMARTS) is 1. The lowest BCUT2D eigenvalue weighted by molar-refractivity contribution is -0.139. The van der Waals surface area contributed by atoms with E-state index in [9.17, 15) is 13.2 Å². The number of rotatable bonds is 8. The second-order valence-corrected chi connectivity index (χ2v) is 7.57. The zero-order valence-electron chi connectivity index (χ0n) is 11.7. The van der Waals surface area contributed by atoms with E-state index in [4.69, 9.17) is 9.84 Å². The molecule has 0 aliphatic carbocycles. The SMILES string of the molecule is COCCCC(NS(=O)(=O)c1cc(C)sc1C)C(=O)O. The highest BCUT2D eigenvalue weighted by Gasteiger charge is 2.27. The highest BCUT2D eigenvalue weighted by atomic mass is 32.2. The molecule has 0 aliphatic rings. The third-order valence-corrected chi connectivity index (χ3v) is 5.41. The molecule has 0 saturated heterocycles. The molecule has 0 aromatic carbocycles. The maximum Gasteiger partial charge on any atom is 0.321 e. The summed E-state index contributed by atoms with van der Waals surface area (Å²) >= 11 is 1.37. The van der Waals surface area contributed by atoms with E-state index in [-0.39, 0.29) is 11.3 Å². The van der Waals surface area contributed by atoms with E-state index in [1.165, 1.54) is 18.4 Å². The topological polar surface area (TPSA) is 92.7 Å². The van der Waals surface area contributed by atoms with Gasteiger partial charge in [-0.2, -0.15) is 4.72 Å². The van der Waals surface area contributed by atoms with Gasteiger partial charge in [0.2, 0.25) is 10.0 Å². The number of hydrogen-bond donors (Lipinski definition) is 2. The summed E-state index contributed by atoms with van der Waals surface area (Å²) in [5.41, 5.74) is 0. The zero-order chi connectivity index (χ0) is 15.3. The first kappa shape index (κ1) is 17.1. The lowest BCUT2D eigenvalue weighted by Gasteiger charge is -2.14. The number of sulfonamides is 1. The second-order valence-electron chi connectivity index (χ2n) is 4.42. The smallest absolute Gasteiger partial charge is 0.321 e. The summed E-state index contributed by atoms with van der Waals surface area (Å²) in [6.45, 7) is 3.90. The average Bonchev–Trinajstić information content (AvgIpc) is 2.68. The predicted octanol–water partition coefficient (Wildman–Crippen LogP) is 1.52. The van der Waals surface area contributed by atoms with E-state index in [2.05, 4.69) is 4.72 Å². The number of aliphatic carboxylic acids is 1. The van der Waals surface area contributed by atoms with Gasteiger partial charge in [0.1, 0.15) is 6.04 Å². The first-order chi connectivity index (χ1) is 9.27. The third-order valence-electron chi connectivity index (χ3n) is 2.72. The molecule has 1 aromatic heterocycles. The second kappa shape index (κ2) is 7.16. The van der Waals surface area contributed by atoms with Gasteiger partial charge in [-0.3, -0.25) is 4.79 Å². The molecular weight excluding hydrogens is 302 g/mol. The maximum atomic E-state index is 12.2. The van der Waals surface area contributed by atoms with Crippen LogP contribution in [0.1, 0.15) is 22.6 Å². The van der Waals surface area contributed by atoms with E-state index < -0.39 is 22.0 Å². The monoisotopic (exact) mass is 321 g/mol. The van der Waals surface area contributed by atoms with Crippen molar-refractivity contribution >= 4 is 27.3 Å². The fourth-order valence-corrected chi connectivity index (χ4v) is 4.57. The standard InChI is InChI=1S/C12H19NO5S2/c1-8-7-11(9(2)19-8)20(16,17)13-10(12(14)15)5-4-6-18-3/h7,10,13H,4-6H2,1-3H3,(H,14,15). The van der Waals surface area contributed by atoms with Gasteiger partial charge in [0.25, 0.3) is 0 Å². The molecular formula is C12H19NO5S2. The number of nitrogens with one attached hydrogen (secondary N) is 1. The van der Waals surface area contributed by atoms with Crippen molar-refractivity contribution in [2.45, 2.75) is 37.6 Å². The van der Waals surface area contributed by atoms with Crippen LogP contribution in [0, 0.1) is 13.8 Å². The van der Waals surface area contributed by atoms with Crippen LogP contribution in [0.2, 0.25) is 0 Å². The summed E-state index contributed by atoms with van der Waals surface area (Å²) in [4.78, 5) is 12.8. The molecule has 1 atom stereocenters. The molecule has 0 amide bonds. The summed E-state index contributed by atoms with van der Waals surface area (Å²) in [5, 5.41) is 9.09. The predicted molar refractivity (Wildman–Crippen MR) is 76.6 cm³/mol. The van der Waals surface area contributed by atoms with Crippen LogP contribution >= 0.6 is 11.3 Å². The molecule has 114 valence electrons. The number of aryl methyl sites for hydroxylation is 2. The maximum absolute atomic E-state index is 12.2. The Morgan fingerprint density at radius 3 is 2.60 bits per heavy atom. The van der Waals surface area contributed by atoms with Crippen molar-refractivity contribution in [3.05, 3.63) is 15.8 Å². The summed E-state index contributed by atoms with van der Waals surface area (Å²) in [7, 11) is -2.30. The Balaban J connectivity index is 2.86.